The van der Waals surface area contributed by atoms with Gasteiger partial charge >= 0.3 is 0 Å². The summed E-state index contributed by atoms with van der Waals surface area (Å²) in [5.41, 5.74) is 3.66. The molecular weight excluding hydrogens is 400 g/mol. The van der Waals surface area contributed by atoms with Crippen LogP contribution in [0.5, 0.6) is 5.75 Å². The molecule has 5 nitrogen and oxygen atoms in total. The third-order valence-corrected chi connectivity index (χ3v) is 6.81. The lowest BCUT2D eigenvalue weighted by atomic mass is 9.87. The Balaban J connectivity index is 1.36. The number of carbonyl (C=O) groups excluding carboxylic acids is 2. The summed E-state index contributed by atoms with van der Waals surface area (Å²) in [6.07, 6.45) is 5.39. The second kappa shape index (κ2) is 10.2. The van der Waals surface area contributed by atoms with Gasteiger partial charge in [-0.3, -0.25) is 9.59 Å². The van der Waals surface area contributed by atoms with Crippen LogP contribution < -0.4 is 10.1 Å². The normalized spacial score (nSPS) is 20.6. The molecule has 2 atom stereocenters. The molecule has 1 aliphatic carbocycles. The van der Waals surface area contributed by atoms with Gasteiger partial charge in [-0.25, -0.2) is 0 Å². The van der Waals surface area contributed by atoms with Crippen molar-refractivity contribution in [3.05, 3.63) is 65.2 Å². The van der Waals surface area contributed by atoms with Crippen molar-refractivity contribution in [1.29, 1.82) is 0 Å². The Hall–Kier alpha value is -2.82. The number of ether oxygens (including phenoxy) is 1. The maximum Gasteiger partial charge on any atom is 0.226 e. The average molecular weight is 435 g/mol. The number of rotatable bonds is 8. The molecule has 2 aromatic carbocycles. The molecule has 2 aliphatic rings. The van der Waals surface area contributed by atoms with Gasteiger partial charge in [0.05, 0.1) is 19.1 Å². The number of benzene rings is 2. The molecule has 4 rings (SSSR count). The Morgan fingerprint density at radius 3 is 2.22 bits per heavy atom. The maximum atomic E-state index is 13.1. The molecule has 0 aromatic heterocycles. The van der Waals surface area contributed by atoms with E-state index in [0.29, 0.717) is 13.1 Å². The van der Waals surface area contributed by atoms with Crippen LogP contribution in [0.2, 0.25) is 0 Å². The SMILES string of the molecule is CCc1ccc([C@H]2CC[C@H](C(=O)NCCc3ccc(OC)cc3)CN2C(=O)C2CC2)cc1. The molecule has 1 saturated carbocycles. The Bertz CT molecular complexity index is 919. The number of nitrogens with one attached hydrogen (secondary N) is 1. The first-order chi connectivity index (χ1) is 15.6. The molecular formula is C27H34N2O3. The average Bonchev–Trinajstić information content (AvgIpc) is 3.69. The van der Waals surface area contributed by atoms with Gasteiger partial charge < -0.3 is 15.0 Å². The predicted molar refractivity (Wildman–Crippen MR) is 125 cm³/mol. The van der Waals surface area contributed by atoms with Crippen molar-refractivity contribution in [2.75, 3.05) is 20.2 Å². The predicted octanol–water partition coefficient (Wildman–Crippen LogP) is 4.31. The Kier molecular flexibility index (Phi) is 7.13. The standard InChI is InChI=1S/C27H34N2O3/c1-3-19-4-8-21(9-5-19)25-15-12-23(18-29(25)27(31)22-10-11-22)26(30)28-17-16-20-6-13-24(32-2)14-7-20/h4-9,13-14,22-23,25H,3,10-12,15-18H2,1-2H3,(H,28,30)/t23-,25+/m0/s1. The van der Waals surface area contributed by atoms with Crippen LogP contribution in [0.15, 0.2) is 48.5 Å². The Labute approximate surface area is 191 Å². The van der Waals surface area contributed by atoms with Crippen LogP contribution in [-0.2, 0) is 22.4 Å². The summed E-state index contributed by atoms with van der Waals surface area (Å²) >= 11 is 0. The van der Waals surface area contributed by atoms with Gasteiger partial charge in [0, 0.05) is 19.0 Å². The minimum atomic E-state index is -0.139. The molecule has 2 amide bonds. The summed E-state index contributed by atoms with van der Waals surface area (Å²) in [6, 6.07) is 16.6. The van der Waals surface area contributed by atoms with Gasteiger partial charge in [0.1, 0.15) is 5.75 Å². The van der Waals surface area contributed by atoms with Crippen LogP contribution >= 0.6 is 0 Å². The lowest BCUT2D eigenvalue weighted by molar-refractivity contribution is -0.140. The molecule has 0 unspecified atom stereocenters. The van der Waals surface area contributed by atoms with Crippen molar-refractivity contribution < 1.29 is 14.3 Å². The van der Waals surface area contributed by atoms with Crippen molar-refractivity contribution in [2.24, 2.45) is 11.8 Å². The number of piperidine rings is 1. The van der Waals surface area contributed by atoms with E-state index in [1.165, 1.54) is 11.1 Å². The summed E-state index contributed by atoms with van der Waals surface area (Å²) in [5.74, 6) is 1.14. The number of hydrogen-bond acceptors (Lipinski definition) is 3. The summed E-state index contributed by atoms with van der Waals surface area (Å²) < 4.78 is 5.19. The largest absolute Gasteiger partial charge is 0.497 e. The quantitative estimate of drug-likeness (QED) is 0.674. The van der Waals surface area contributed by atoms with Crippen molar-refractivity contribution in [3.63, 3.8) is 0 Å². The summed E-state index contributed by atoms with van der Waals surface area (Å²) in [4.78, 5) is 28.0. The molecule has 2 aromatic rings. The third-order valence-electron chi connectivity index (χ3n) is 6.81. The summed E-state index contributed by atoms with van der Waals surface area (Å²) in [6.45, 7) is 3.26. The molecule has 5 heteroatoms. The van der Waals surface area contributed by atoms with Gasteiger partial charge in [-0.05, 0) is 67.3 Å². The molecule has 1 N–H and O–H groups in total. The zero-order valence-electron chi connectivity index (χ0n) is 19.2. The minimum absolute atomic E-state index is 0.0619. The molecule has 0 radical (unpaired) electrons. The van der Waals surface area contributed by atoms with E-state index in [4.69, 9.17) is 4.74 Å². The highest BCUT2D eigenvalue weighted by Gasteiger charge is 2.41. The highest BCUT2D eigenvalue weighted by molar-refractivity contribution is 5.84. The lowest BCUT2D eigenvalue weighted by Crippen LogP contribution is -2.47. The van der Waals surface area contributed by atoms with E-state index >= 15 is 0 Å². The van der Waals surface area contributed by atoms with Crippen LogP contribution in [0.1, 0.15) is 55.3 Å². The number of carbonyl (C=O) groups is 2. The van der Waals surface area contributed by atoms with Crippen LogP contribution in [0.4, 0.5) is 0 Å². The van der Waals surface area contributed by atoms with Crippen LogP contribution in [-0.4, -0.2) is 36.9 Å². The molecule has 1 saturated heterocycles. The molecule has 1 heterocycles. The number of amides is 2. The molecule has 0 bridgehead atoms. The van der Waals surface area contributed by atoms with Gasteiger partial charge in [0.15, 0.2) is 0 Å². The second-order valence-corrected chi connectivity index (χ2v) is 9.04. The van der Waals surface area contributed by atoms with Crippen molar-refractivity contribution in [1.82, 2.24) is 10.2 Å². The molecule has 32 heavy (non-hydrogen) atoms. The first kappa shape index (κ1) is 22.4. The van der Waals surface area contributed by atoms with E-state index in [2.05, 4.69) is 36.5 Å². The van der Waals surface area contributed by atoms with E-state index in [1.807, 2.05) is 29.2 Å². The van der Waals surface area contributed by atoms with E-state index < -0.39 is 0 Å². The number of methoxy groups -OCH3 is 1. The molecule has 170 valence electrons. The maximum absolute atomic E-state index is 13.1. The van der Waals surface area contributed by atoms with Crippen molar-refractivity contribution >= 4 is 11.8 Å². The van der Waals surface area contributed by atoms with Crippen molar-refractivity contribution in [3.8, 4) is 5.75 Å². The number of hydrogen-bond donors (Lipinski definition) is 1. The van der Waals surface area contributed by atoms with E-state index in [0.717, 1.165) is 49.8 Å². The zero-order valence-corrected chi connectivity index (χ0v) is 19.2. The summed E-state index contributed by atoms with van der Waals surface area (Å²) in [5, 5.41) is 3.10. The van der Waals surface area contributed by atoms with Gasteiger partial charge in [-0.15, -0.1) is 0 Å². The van der Waals surface area contributed by atoms with Crippen molar-refractivity contribution in [2.45, 2.75) is 51.5 Å². The van der Waals surface area contributed by atoms with Crippen LogP contribution in [0.3, 0.4) is 0 Å². The Morgan fingerprint density at radius 2 is 1.59 bits per heavy atom. The Morgan fingerprint density at radius 1 is 0.938 bits per heavy atom. The molecule has 2 fully saturated rings. The van der Waals surface area contributed by atoms with E-state index in [1.54, 1.807) is 7.11 Å². The van der Waals surface area contributed by atoms with Gasteiger partial charge in [0.2, 0.25) is 11.8 Å². The van der Waals surface area contributed by atoms with Gasteiger partial charge in [0.25, 0.3) is 0 Å². The second-order valence-electron chi connectivity index (χ2n) is 9.04. The number of nitrogens with zero attached hydrogens (tertiary/aromatic N) is 1. The first-order valence-corrected chi connectivity index (χ1v) is 11.9. The fourth-order valence-electron chi connectivity index (χ4n) is 4.58. The smallest absolute Gasteiger partial charge is 0.226 e. The van der Waals surface area contributed by atoms with Gasteiger partial charge in [-0.1, -0.05) is 43.3 Å². The van der Waals surface area contributed by atoms with Crippen LogP contribution in [0.25, 0.3) is 0 Å². The molecule has 1 aliphatic heterocycles. The monoisotopic (exact) mass is 434 g/mol. The minimum Gasteiger partial charge on any atom is -0.497 e. The van der Waals surface area contributed by atoms with E-state index in [-0.39, 0.29) is 29.7 Å². The first-order valence-electron chi connectivity index (χ1n) is 11.9. The highest BCUT2D eigenvalue weighted by atomic mass is 16.5. The van der Waals surface area contributed by atoms with E-state index in [9.17, 15) is 9.59 Å². The lowest BCUT2D eigenvalue weighted by Gasteiger charge is -2.40. The zero-order chi connectivity index (χ0) is 22.5. The van der Waals surface area contributed by atoms with Gasteiger partial charge in [-0.2, -0.15) is 0 Å². The third kappa shape index (κ3) is 5.32. The summed E-state index contributed by atoms with van der Waals surface area (Å²) in [7, 11) is 1.65. The topological polar surface area (TPSA) is 58.6 Å². The highest BCUT2D eigenvalue weighted by Crippen LogP contribution is 2.39. The van der Waals surface area contributed by atoms with Crippen LogP contribution in [0, 0.1) is 11.8 Å². The molecule has 0 spiro atoms. The fraction of sp³-hybridized carbons (Fsp3) is 0.481. The number of aryl methyl sites for hydroxylation is 1. The number of likely N-dealkylation sites (tertiary alicyclic amines) is 1. The fourth-order valence-corrected chi connectivity index (χ4v) is 4.58.